The van der Waals surface area contributed by atoms with Crippen LogP contribution in [0.25, 0.3) is 0 Å². The summed E-state index contributed by atoms with van der Waals surface area (Å²) < 4.78 is 14.7. The highest BCUT2D eigenvalue weighted by molar-refractivity contribution is 9.10. The van der Waals surface area contributed by atoms with Crippen molar-refractivity contribution in [3.8, 4) is 0 Å². The van der Waals surface area contributed by atoms with Crippen molar-refractivity contribution in [2.45, 2.75) is 38.6 Å². The number of hydrogen-bond acceptors (Lipinski definition) is 4. The zero-order valence-electron chi connectivity index (χ0n) is 12.5. The number of hydrogen-bond donors (Lipinski definition) is 2. The molecule has 1 aliphatic carbocycles. The molecule has 0 atom stereocenters. The van der Waals surface area contributed by atoms with Gasteiger partial charge in [0.1, 0.15) is 11.6 Å². The first-order valence-corrected chi connectivity index (χ1v) is 8.18. The molecule has 22 heavy (non-hydrogen) atoms. The summed E-state index contributed by atoms with van der Waals surface area (Å²) in [6.45, 7) is 4.07. The number of nitrogens with one attached hydrogen (secondary N) is 2. The van der Waals surface area contributed by atoms with Crippen LogP contribution in [0.15, 0.2) is 28.7 Å². The second-order valence-corrected chi connectivity index (χ2v) is 6.74. The quantitative estimate of drug-likeness (QED) is 0.798. The average molecular weight is 365 g/mol. The zero-order chi connectivity index (χ0) is 15.7. The van der Waals surface area contributed by atoms with E-state index in [4.69, 9.17) is 0 Å². The summed E-state index contributed by atoms with van der Waals surface area (Å²) in [6.07, 6.45) is 2.31. The van der Waals surface area contributed by atoms with Crippen molar-refractivity contribution < 1.29 is 4.39 Å². The van der Waals surface area contributed by atoms with Gasteiger partial charge in [0.15, 0.2) is 0 Å². The Morgan fingerprint density at radius 2 is 2.00 bits per heavy atom. The van der Waals surface area contributed by atoms with Crippen LogP contribution in [0.2, 0.25) is 0 Å². The molecule has 0 bridgehead atoms. The van der Waals surface area contributed by atoms with Gasteiger partial charge in [-0.15, -0.1) is 0 Å². The van der Waals surface area contributed by atoms with Gasteiger partial charge in [0.2, 0.25) is 5.95 Å². The van der Waals surface area contributed by atoms with Crippen molar-refractivity contribution in [2.75, 3.05) is 10.6 Å². The monoisotopic (exact) mass is 364 g/mol. The predicted molar refractivity (Wildman–Crippen MR) is 90.1 cm³/mol. The van der Waals surface area contributed by atoms with Gasteiger partial charge in [-0.3, -0.25) is 0 Å². The molecule has 1 saturated carbocycles. The van der Waals surface area contributed by atoms with Gasteiger partial charge in [0.05, 0.1) is 11.4 Å². The standard InChI is InChI=1S/C16H18BrFN4/c1-9(2)19-16-21-14(10-3-4-10)8-15(22-16)20-13-6-5-11(17)7-12(13)18/h5-10H,3-4H2,1-2H3,(H2,19,20,21,22). The molecular formula is C16H18BrFN4. The van der Waals surface area contributed by atoms with Crippen LogP contribution in [0.1, 0.15) is 38.3 Å². The molecule has 0 amide bonds. The first kappa shape index (κ1) is 15.2. The molecule has 1 fully saturated rings. The topological polar surface area (TPSA) is 49.8 Å². The number of aromatic nitrogens is 2. The largest absolute Gasteiger partial charge is 0.352 e. The molecule has 0 unspecified atom stereocenters. The fourth-order valence-corrected chi connectivity index (χ4v) is 2.50. The van der Waals surface area contributed by atoms with Gasteiger partial charge in [-0.25, -0.2) is 9.37 Å². The van der Waals surface area contributed by atoms with Crippen molar-refractivity contribution in [1.82, 2.24) is 9.97 Å². The molecule has 2 N–H and O–H groups in total. The van der Waals surface area contributed by atoms with Crippen LogP contribution in [-0.2, 0) is 0 Å². The van der Waals surface area contributed by atoms with Crippen molar-refractivity contribution in [1.29, 1.82) is 0 Å². The molecule has 0 spiro atoms. The Bertz CT molecular complexity index is 686. The van der Waals surface area contributed by atoms with E-state index in [9.17, 15) is 4.39 Å². The van der Waals surface area contributed by atoms with Crippen LogP contribution < -0.4 is 10.6 Å². The van der Waals surface area contributed by atoms with Gasteiger partial charge in [-0.05, 0) is 44.9 Å². The minimum absolute atomic E-state index is 0.242. The number of halogens is 2. The van der Waals surface area contributed by atoms with Crippen molar-refractivity contribution >= 4 is 33.4 Å². The SMILES string of the molecule is CC(C)Nc1nc(Nc2ccc(Br)cc2F)cc(C2CC2)n1. The van der Waals surface area contributed by atoms with Crippen molar-refractivity contribution in [3.63, 3.8) is 0 Å². The summed E-state index contributed by atoms with van der Waals surface area (Å²) >= 11 is 3.26. The van der Waals surface area contributed by atoms with E-state index >= 15 is 0 Å². The number of nitrogens with zero attached hydrogens (tertiary/aromatic N) is 2. The average Bonchev–Trinajstić information content (AvgIpc) is 3.25. The molecule has 1 aliphatic rings. The lowest BCUT2D eigenvalue weighted by molar-refractivity contribution is 0.631. The van der Waals surface area contributed by atoms with Crippen LogP contribution in [0.3, 0.4) is 0 Å². The predicted octanol–water partition coefficient (Wildman–Crippen LogP) is 4.82. The maximum atomic E-state index is 14.0. The Labute approximate surface area is 137 Å². The lowest BCUT2D eigenvalue weighted by atomic mass is 10.2. The highest BCUT2D eigenvalue weighted by Crippen LogP contribution is 2.40. The molecule has 4 nitrogen and oxygen atoms in total. The molecule has 2 aromatic rings. The Hall–Kier alpha value is -1.69. The molecule has 116 valence electrons. The molecule has 1 aromatic heterocycles. The van der Waals surface area contributed by atoms with Gasteiger partial charge in [0.25, 0.3) is 0 Å². The smallest absolute Gasteiger partial charge is 0.225 e. The summed E-state index contributed by atoms with van der Waals surface area (Å²) in [4.78, 5) is 8.98. The summed E-state index contributed by atoms with van der Waals surface area (Å²) in [5, 5.41) is 6.26. The second kappa shape index (κ2) is 6.20. The first-order chi connectivity index (χ1) is 10.5. The van der Waals surface area contributed by atoms with Crippen LogP contribution in [0.5, 0.6) is 0 Å². The molecule has 1 aromatic carbocycles. The van der Waals surface area contributed by atoms with E-state index in [2.05, 4.69) is 36.5 Å². The fraction of sp³-hybridized carbons (Fsp3) is 0.375. The molecule has 0 aliphatic heterocycles. The van der Waals surface area contributed by atoms with E-state index in [1.807, 2.05) is 19.9 Å². The van der Waals surface area contributed by atoms with Crippen LogP contribution in [-0.4, -0.2) is 16.0 Å². The minimum Gasteiger partial charge on any atom is -0.352 e. The highest BCUT2D eigenvalue weighted by atomic mass is 79.9. The summed E-state index contributed by atoms with van der Waals surface area (Å²) in [5.41, 5.74) is 1.41. The second-order valence-electron chi connectivity index (χ2n) is 5.82. The molecular weight excluding hydrogens is 347 g/mol. The van der Waals surface area contributed by atoms with Crippen molar-refractivity contribution in [3.05, 3.63) is 40.2 Å². The van der Waals surface area contributed by atoms with E-state index in [-0.39, 0.29) is 11.9 Å². The zero-order valence-corrected chi connectivity index (χ0v) is 14.1. The molecule has 6 heteroatoms. The number of rotatable bonds is 5. The Morgan fingerprint density at radius 1 is 1.23 bits per heavy atom. The molecule has 0 saturated heterocycles. The van der Waals surface area contributed by atoms with Gasteiger partial charge < -0.3 is 10.6 Å². The van der Waals surface area contributed by atoms with E-state index < -0.39 is 0 Å². The van der Waals surface area contributed by atoms with Crippen LogP contribution in [0, 0.1) is 5.82 Å². The van der Waals surface area contributed by atoms with Gasteiger partial charge >= 0.3 is 0 Å². The third-order valence-electron chi connectivity index (χ3n) is 3.35. The molecule has 0 radical (unpaired) electrons. The van der Waals surface area contributed by atoms with Gasteiger partial charge in [-0.1, -0.05) is 15.9 Å². The Balaban J connectivity index is 1.89. The maximum absolute atomic E-state index is 14.0. The third-order valence-corrected chi connectivity index (χ3v) is 3.85. The maximum Gasteiger partial charge on any atom is 0.225 e. The molecule has 3 rings (SSSR count). The summed E-state index contributed by atoms with van der Waals surface area (Å²) in [7, 11) is 0. The lowest BCUT2D eigenvalue weighted by Crippen LogP contribution is -2.14. The molecule has 1 heterocycles. The van der Waals surface area contributed by atoms with E-state index in [0.29, 0.717) is 27.8 Å². The number of benzene rings is 1. The summed E-state index contributed by atoms with van der Waals surface area (Å²) in [6, 6.07) is 7.06. The Kier molecular flexibility index (Phi) is 4.29. The summed E-state index contributed by atoms with van der Waals surface area (Å²) in [5.74, 6) is 1.38. The first-order valence-electron chi connectivity index (χ1n) is 7.39. The van der Waals surface area contributed by atoms with Crippen molar-refractivity contribution in [2.24, 2.45) is 0 Å². The third kappa shape index (κ3) is 3.74. The normalized spacial score (nSPS) is 14.2. The van der Waals surface area contributed by atoms with E-state index in [0.717, 1.165) is 18.5 Å². The highest BCUT2D eigenvalue weighted by Gasteiger charge is 2.26. The van der Waals surface area contributed by atoms with E-state index in [1.165, 1.54) is 6.07 Å². The Morgan fingerprint density at radius 3 is 2.64 bits per heavy atom. The lowest BCUT2D eigenvalue weighted by Gasteiger charge is -2.13. The van der Waals surface area contributed by atoms with Gasteiger partial charge in [0, 0.05) is 22.5 Å². The van der Waals surface area contributed by atoms with Crippen LogP contribution in [0.4, 0.5) is 21.8 Å². The van der Waals surface area contributed by atoms with E-state index in [1.54, 1.807) is 12.1 Å². The number of anilines is 3. The minimum atomic E-state index is -0.320. The van der Waals surface area contributed by atoms with Crippen LogP contribution >= 0.6 is 15.9 Å². The van der Waals surface area contributed by atoms with Gasteiger partial charge in [-0.2, -0.15) is 4.98 Å². The fourth-order valence-electron chi connectivity index (χ4n) is 2.17.